The molecule has 2 aliphatic rings. The fraction of sp³-hybridized carbons (Fsp3) is 0.536. The van der Waals surface area contributed by atoms with E-state index in [0.717, 1.165) is 81.5 Å². The molecule has 0 radical (unpaired) electrons. The van der Waals surface area contributed by atoms with Crippen molar-refractivity contribution in [1.29, 1.82) is 0 Å². The van der Waals surface area contributed by atoms with Crippen molar-refractivity contribution in [1.82, 2.24) is 15.1 Å². The zero-order valence-electron chi connectivity index (χ0n) is 21.1. The van der Waals surface area contributed by atoms with Crippen molar-refractivity contribution >= 4 is 5.91 Å². The maximum absolute atomic E-state index is 12.6. The highest BCUT2D eigenvalue weighted by atomic mass is 16.2. The summed E-state index contributed by atoms with van der Waals surface area (Å²) in [5.74, 6) is -0.118. The minimum absolute atomic E-state index is 0.0211. The number of hydrogen-bond acceptors (Lipinski definition) is 6. The number of rotatable bonds is 8. The van der Waals surface area contributed by atoms with Crippen LogP contribution in [0.15, 0.2) is 48.5 Å². The Morgan fingerprint density at radius 1 is 0.914 bits per heavy atom. The smallest absolute Gasteiger partial charge is 0.241 e. The first-order valence-electron chi connectivity index (χ1n) is 13.0. The van der Waals surface area contributed by atoms with E-state index in [2.05, 4.69) is 70.7 Å². The van der Waals surface area contributed by atoms with Crippen molar-refractivity contribution in [3.63, 3.8) is 0 Å². The van der Waals surface area contributed by atoms with Crippen LogP contribution in [-0.4, -0.2) is 67.2 Å². The molecule has 2 fully saturated rings. The Kier molecular flexibility index (Phi) is 8.57. The highest BCUT2D eigenvalue weighted by Crippen LogP contribution is 2.26. The van der Waals surface area contributed by atoms with E-state index in [4.69, 9.17) is 17.2 Å². The lowest BCUT2D eigenvalue weighted by atomic mass is 9.82. The van der Waals surface area contributed by atoms with Crippen LogP contribution in [0.4, 0.5) is 0 Å². The van der Waals surface area contributed by atoms with Crippen molar-refractivity contribution in [3.8, 4) is 11.1 Å². The van der Waals surface area contributed by atoms with Crippen LogP contribution in [0.5, 0.6) is 0 Å². The molecule has 1 aliphatic heterocycles. The molecule has 4 rings (SSSR count). The third-order valence-electron chi connectivity index (χ3n) is 7.65. The van der Waals surface area contributed by atoms with E-state index < -0.39 is 11.7 Å². The highest BCUT2D eigenvalue weighted by molar-refractivity contribution is 5.86. The second kappa shape index (κ2) is 11.6. The molecule has 1 saturated heterocycles. The fourth-order valence-electron chi connectivity index (χ4n) is 5.20. The van der Waals surface area contributed by atoms with Gasteiger partial charge in [-0.2, -0.15) is 0 Å². The van der Waals surface area contributed by atoms with Crippen molar-refractivity contribution in [3.05, 3.63) is 59.7 Å². The van der Waals surface area contributed by atoms with Gasteiger partial charge in [-0.1, -0.05) is 67.8 Å². The zero-order chi connectivity index (χ0) is 24.8. The highest BCUT2D eigenvalue weighted by Gasteiger charge is 2.35. The number of nitrogens with two attached hydrogens (primary N) is 3. The van der Waals surface area contributed by atoms with Gasteiger partial charge in [-0.25, -0.2) is 0 Å². The third kappa shape index (κ3) is 6.90. The Morgan fingerprint density at radius 3 is 2.09 bits per heavy atom. The van der Waals surface area contributed by atoms with Gasteiger partial charge in [0.1, 0.15) is 0 Å². The predicted octanol–water partition coefficient (Wildman–Crippen LogP) is 2.21. The first-order chi connectivity index (χ1) is 16.8. The topological polar surface area (TPSA) is 114 Å². The van der Waals surface area contributed by atoms with Gasteiger partial charge in [-0.05, 0) is 42.1 Å². The lowest BCUT2D eigenvalue weighted by Crippen LogP contribution is -2.59. The molecule has 1 heterocycles. The molecule has 0 bridgehead atoms. The van der Waals surface area contributed by atoms with Gasteiger partial charge in [0.05, 0.1) is 11.7 Å². The van der Waals surface area contributed by atoms with E-state index in [1.165, 1.54) is 5.56 Å². The average molecular weight is 479 g/mol. The van der Waals surface area contributed by atoms with E-state index in [1.807, 2.05) is 0 Å². The maximum atomic E-state index is 12.6. The summed E-state index contributed by atoms with van der Waals surface area (Å²) in [6, 6.07) is 17.0. The van der Waals surface area contributed by atoms with Gasteiger partial charge in [0.25, 0.3) is 0 Å². The second-order valence-electron chi connectivity index (χ2n) is 10.5. The summed E-state index contributed by atoms with van der Waals surface area (Å²) >= 11 is 0. The summed E-state index contributed by atoms with van der Waals surface area (Å²) in [5, 5.41) is 2.93. The number of hydrogen-bond donors (Lipinski definition) is 4. The first-order valence-corrected chi connectivity index (χ1v) is 13.0. The molecule has 7 N–H and O–H groups in total. The Labute approximate surface area is 210 Å². The maximum Gasteiger partial charge on any atom is 0.241 e. The molecule has 35 heavy (non-hydrogen) atoms. The van der Waals surface area contributed by atoms with Gasteiger partial charge in [0, 0.05) is 45.2 Å². The lowest BCUT2D eigenvalue weighted by molar-refractivity contribution is -0.128. The standard InChI is InChI=1S/C28H42N6O/c1-33-15-17-34(18-16-33)20-25(29)24-11-9-23(10-12-24)22-7-5-21(6-8-22)19-26(30)32-27(35)28(31)13-3-2-4-14-28/h5-12,25-26H,2-4,13-20,29-31H2,1H3,(H,32,35)/t25?,26-/m0/s1. The molecule has 7 nitrogen and oxygen atoms in total. The minimum atomic E-state index is -0.765. The number of likely N-dealkylation sites (N-methyl/N-ethyl adjacent to an activating group) is 1. The summed E-state index contributed by atoms with van der Waals surface area (Å²) < 4.78 is 0. The normalized spacial score (nSPS) is 20.8. The molecule has 1 aliphatic carbocycles. The number of amides is 1. The summed E-state index contributed by atoms with van der Waals surface area (Å²) in [4.78, 5) is 17.4. The molecule has 2 aromatic rings. The average Bonchev–Trinajstić information content (AvgIpc) is 2.86. The number of benzene rings is 2. The van der Waals surface area contributed by atoms with Crippen LogP contribution < -0.4 is 22.5 Å². The van der Waals surface area contributed by atoms with Crippen LogP contribution in [0.3, 0.4) is 0 Å². The fourth-order valence-corrected chi connectivity index (χ4v) is 5.20. The van der Waals surface area contributed by atoms with Gasteiger partial charge < -0.3 is 27.4 Å². The summed E-state index contributed by atoms with van der Waals surface area (Å²) in [6.45, 7) is 5.26. The largest absolute Gasteiger partial charge is 0.339 e. The molecular weight excluding hydrogens is 436 g/mol. The van der Waals surface area contributed by atoms with E-state index >= 15 is 0 Å². The molecule has 2 aromatic carbocycles. The van der Waals surface area contributed by atoms with E-state index in [-0.39, 0.29) is 11.9 Å². The van der Waals surface area contributed by atoms with Crippen LogP contribution >= 0.6 is 0 Å². The Morgan fingerprint density at radius 2 is 1.49 bits per heavy atom. The Balaban J connectivity index is 1.29. The summed E-state index contributed by atoms with van der Waals surface area (Å²) in [7, 11) is 2.17. The second-order valence-corrected chi connectivity index (χ2v) is 10.5. The number of carbonyl (C=O) groups excluding carboxylic acids is 1. The van der Waals surface area contributed by atoms with Crippen LogP contribution in [0.25, 0.3) is 11.1 Å². The van der Waals surface area contributed by atoms with Gasteiger partial charge in [0.15, 0.2) is 0 Å². The molecule has 0 spiro atoms. The Hall–Kier alpha value is -2.29. The quantitative estimate of drug-likeness (QED) is 0.433. The molecule has 7 heteroatoms. The molecule has 0 aromatic heterocycles. The summed E-state index contributed by atoms with van der Waals surface area (Å²) in [5.41, 5.74) is 22.9. The molecule has 1 amide bonds. The number of piperazine rings is 1. The first kappa shape index (κ1) is 25.8. The van der Waals surface area contributed by atoms with Crippen molar-refractivity contribution in [2.75, 3.05) is 39.8 Å². The zero-order valence-corrected chi connectivity index (χ0v) is 21.1. The van der Waals surface area contributed by atoms with Crippen LogP contribution in [0.2, 0.25) is 0 Å². The van der Waals surface area contributed by atoms with E-state index in [0.29, 0.717) is 6.42 Å². The molecule has 1 saturated carbocycles. The number of carbonyl (C=O) groups is 1. The molecule has 1 unspecified atom stereocenters. The molecular formula is C28H42N6O. The van der Waals surface area contributed by atoms with E-state index in [1.54, 1.807) is 0 Å². The van der Waals surface area contributed by atoms with E-state index in [9.17, 15) is 4.79 Å². The number of nitrogens with zero attached hydrogens (tertiary/aromatic N) is 2. The van der Waals surface area contributed by atoms with Crippen molar-refractivity contribution < 1.29 is 4.79 Å². The van der Waals surface area contributed by atoms with Gasteiger partial charge in [-0.15, -0.1) is 0 Å². The molecule has 190 valence electrons. The third-order valence-corrected chi connectivity index (χ3v) is 7.65. The monoisotopic (exact) mass is 478 g/mol. The number of nitrogens with one attached hydrogen (secondary N) is 1. The molecule has 2 atom stereocenters. The van der Waals surface area contributed by atoms with Crippen molar-refractivity contribution in [2.45, 2.75) is 56.3 Å². The lowest BCUT2D eigenvalue weighted by Gasteiger charge is -2.33. The van der Waals surface area contributed by atoms with Gasteiger partial charge >= 0.3 is 0 Å². The predicted molar refractivity (Wildman–Crippen MR) is 143 cm³/mol. The van der Waals surface area contributed by atoms with Gasteiger partial charge in [-0.3, -0.25) is 9.69 Å². The van der Waals surface area contributed by atoms with Crippen LogP contribution in [0.1, 0.15) is 49.3 Å². The summed E-state index contributed by atoms with van der Waals surface area (Å²) in [6.07, 6.45) is 4.75. The van der Waals surface area contributed by atoms with Crippen LogP contribution in [-0.2, 0) is 11.2 Å². The van der Waals surface area contributed by atoms with Gasteiger partial charge in [0.2, 0.25) is 5.91 Å². The Bertz CT molecular complexity index is 946. The minimum Gasteiger partial charge on any atom is -0.339 e. The van der Waals surface area contributed by atoms with Crippen LogP contribution in [0, 0.1) is 0 Å². The van der Waals surface area contributed by atoms with Crippen molar-refractivity contribution in [2.24, 2.45) is 17.2 Å². The SMILES string of the molecule is CN1CCN(CC(N)c2ccc(-c3ccc(C[C@@H](N)NC(=O)C4(N)CCCCC4)cc3)cc2)CC1.